The zero-order valence-electron chi connectivity index (χ0n) is 8.53. The van der Waals surface area contributed by atoms with E-state index >= 15 is 0 Å². The Morgan fingerprint density at radius 3 is 2.40 bits per heavy atom. The van der Waals surface area contributed by atoms with Crippen molar-refractivity contribution in [1.29, 1.82) is 0 Å². The standard InChI is InChI=1S/C9H12BFO4/c1-3-15-6-4-5-7(14-2)9(11)8(6)10(12)13/h4-5,12-13H,3H2,1-2H3. The Morgan fingerprint density at radius 2 is 1.93 bits per heavy atom. The maximum Gasteiger partial charge on any atom is 0.495 e. The van der Waals surface area contributed by atoms with E-state index < -0.39 is 12.9 Å². The summed E-state index contributed by atoms with van der Waals surface area (Å²) in [6.45, 7) is 2.03. The highest BCUT2D eigenvalue weighted by Gasteiger charge is 2.25. The fourth-order valence-corrected chi connectivity index (χ4v) is 1.23. The average molecular weight is 214 g/mol. The third kappa shape index (κ3) is 2.40. The number of ether oxygens (including phenoxy) is 2. The number of rotatable bonds is 4. The topological polar surface area (TPSA) is 58.9 Å². The predicted octanol–water partition coefficient (Wildman–Crippen LogP) is -0.0872. The molecule has 15 heavy (non-hydrogen) atoms. The molecule has 1 aromatic carbocycles. The highest BCUT2D eigenvalue weighted by atomic mass is 19.1. The van der Waals surface area contributed by atoms with Crippen molar-refractivity contribution in [1.82, 2.24) is 0 Å². The third-order valence-corrected chi connectivity index (χ3v) is 1.88. The molecule has 0 saturated heterocycles. The van der Waals surface area contributed by atoms with E-state index in [9.17, 15) is 4.39 Å². The van der Waals surface area contributed by atoms with Crippen LogP contribution in [0.5, 0.6) is 11.5 Å². The molecule has 0 aliphatic rings. The van der Waals surface area contributed by atoms with Gasteiger partial charge >= 0.3 is 7.12 Å². The maximum absolute atomic E-state index is 13.6. The first-order valence-corrected chi connectivity index (χ1v) is 4.47. The van der Waals surface area contributed by atoms with E-state index in [0.717, 1.165) is 0 Å². The van der Waals surface area contributed by atoms with Gasteiger partial charge in [0.15, 0.2) is 11.6 Å². The fraction of sp³-hybridized carbons (Fsp3) is 0.333. The second kappa shape index (κ2) is 5.00. The minimum Gasteiger partial charge on any atom is -0.494 e. The van der Waals surface area contributed by atoms with E-state index in [4.69, 9.17) is 19.5 Å². The van der Waals surface area contributed by atoms with Crippen LogP contribution in [0.25, 0.3) is 0 Å². The van der Waals surface area contributed by atoms with Crippen molar-refractivity contribution in [2.24, 2.45) is 0 Å². The molecule has 0 atom stereocenters. The van der Waals surface area contributed by atoms with Crippen LogP contribution < -0.4 is 14.9 Å². The first-order chi connectivity index (χ1) is 7.11. The summed E-state index contributed by atoms with van der Waals surface area (Å²) in [5, 5.41) is 18.0. The molecule has 0 amide bonds. The van der Waals surface area contributed by atoms with Gasteiger partial charge in [-0.1, -0.05) is 0 Å². The molecule has 1 rings (SSSR count). The minimum atomic E-state index is -1.93. The van der Waals surface area contributed by atoms with Gasteiger partial charge in [0, 0.05) is 0 Å². The number of methoxy groups -OCH3 is 1. The van der Waals surface area contributed by atoms with Crippen LogP contribution in [-0.2, 0) is 0 Å². The van der Waals surface area contributed by atoms with Crippen molar-refractivity contribution in [2.75, 3.05) is 13.7 Å². The van der Waals surface area contributed by atoms with Gasteiger partial charge in [0.1, 0.15) is 5.75 Å². The monoisotopic (exact) mass is 214 g/mol. The Bertz CT molecular complexity index is 343. The average Bonchev–Trinajstić information content (AvgIpc) is 2.18. The number of hydrogen-bond donors (Lipinski definition) is 2. The molecule has 0 radical (unpaired) electrons. The van der Waals surface area contributed by atoms with Gasteiger partial charge in [0.2, 0.25) is 0 Å². The lowest BCUT2D eigenvalue weighted by Gasteiger charge is -2.12. The molecule has 0 bridgehead atoms. The molecule has 0 unspecified atom stereocenters. The second-order valence-corrected chi connectivity index (χ2v) is 2.80. The number of hydrogen-bond acceptors (Lipinski definition) is 4. The number of benzene rings is 1. The summed E-state index contributed by atoms with van der Waals surface area (Å²) < 4.78 is 23.4. The van der Waals surface area contributed by atoms with Crippen molar-refractivity contribution in [2.45, 2.75) is 6.92 Å². The van der Waals surface area contributed by atoms with Crippen LogP contribution in [0, 0.1) is 5.82 Å². The quantitative estimate of drug-likeness (QED) is 0.687. The smallest absolute Gasteiger partial charge is 0.494 e. The Morgan fingerprint density at radius 1 is 1.33 bits per heavy atom. The van der Waals surface area contributed by atoms with Crippen LogP contribution in [0.2, 0.25) is 0 Å². The van der Waals surface area contributed by atoms with Crippen LogP contribution in [0.4, 0.5) is 4.39 Å². The fourth-order valence-electron chi connectivity index (χ4n) is 1.23. The van der Waals surface area contributed by atoms with Crippen molar-refractivity contribution in [3.63, 3.8) is 0 Å². The van der Waals surface area contributed by atoms with Gasteiger partial charge in [-0.2, -0.15) is 0 Å². The Balaban J connectivity index is 3.24. The molecule has 0 aliphatic heterocycles. The molecule has 0 aliphatic carbocycles. The predicted molar refractivity (Wildman–Crippen MR) is 53.9 cm³/mol. The molecular weight excluding hydrogens is 202 g/mol. The summed E-state index contributed by atoms with van der Waals surface area (Å²) in [5.41, 5.74) is -0.309. The summed E-state index contributed by atoms with van der Waals surface area (Å²) >= 11 is 0. The van der Waals surface area contributed by atoms with E-state index in [2.05, 4.69) is 0 Å². The Labute approximate surface area is 87.4 Å². The number of halogens is 1. The van der Waals surface area contributed by atoms with Crippen molar-refractivity contribution in [3.05, 3.63) is 17.9 Å². The lowest BCUT2D eigenvalue weighted by Crippen LogP contribution is -2.34. The summed E-state index contributed by atoms with van der Waals surface area (Å²) in [6, 6.07) is 2.80. The lowest BCUT2D eigenvalue weighted by molar-refractivity contribution is 0.333. The molecule has 0 saturated carbocycles. The van der Waals surface area contributed by atoms with Crippen molar-refractivity contribution >= 4 is 12.6 Å². The van der Waals surface area contributed by atoms with E-state index in [1.165, 1.54) is 19.2 Å². The van der Waals surface area contributed by atoms with Crippen LogP contribution >= 0.6 is 0 Å². The normalized spacial score (nSPS) is 9.93. The van der Waals surface area contributed by atoms with Gasteiger partial charge < -0.3 is 19.5 Å². The van der Waals surface area contributed by atoms with Gasteiger partial charge in [-0.25, -0.2) is 4.39 Å². The van der Waals surface area contributed by atoms with Crippen LogP contribution in [-0.4, -0.2) is 30.9 Å². The van der Waals surface area contributed by atoms with Gasteiger partial charge in [0.05, 0.1) is 19.2 Å². The first-order valence-electron chi connectivity index (χ1n) is 4.47. The SMILES string of the molecule is CCOc1ccc(OC)c(F)c1B(O)O. The van der Waals surface area contributed by atoms with Gasteiger partial charge in [0.25, 0.3) is 0 Å². The lowest BCUT2D eigenvalue weighted by atomic mass is 9.79. The molecule has 0 fully saturated rings. The molecule has 2 N–H and O–H groups in total. The molecule has 82 valence electrons. The Hall–Kier alpha value is -1.27. The van der Waals surface area contributed by atoms with Gasteiger partial charge in [-0.3, -0.25) is 0 Å². The van der Waals surface area contributed by atoms with Crippen LogP contribution in [0.1, 0.15) is 6.92 Å². The summed E-state index contributed by atoms with van der Waals surface area (Å²) in [7, 11) is -0.631. The Kier molecular flexibility index (Phi) is 3.93. The minimum absolute atomic E-state index is 0.0541. The maximum atomic E-state index is 13.6. The molecule has 6 heteroatoms. The van der Waals surface area contributed by atoms with Crippen LogP contribution in [0.15, 0.2) is 12.1 Å². The van der Waals surface area contributed by atoms with E-state index in [1.807, 2.05) is 0 Å². The summed E-state index contributed by atoms with van der Waals surface area (Å²) in [6.07, 6.45) is 0. The van der Waals surface area contributed by atoms with E-state index in [1.54, 1.807) is 6.92 Å². The van der Waals surface area contributed by atoms with Crippen molar-refractivity contribution < 1.29 is 23.9 Å². The first kappa shape index (κ1) is 11.8. The van der Waals surface area contributed by atoms with Crippen LogP contribution in [0.3, 0.4) is 0 Å². The molecule has 0 heterocycles. The largest absolute Gasteiger partial charge is 0.495 e. The molecule has 0 aromatic heterocycles. The van der Waals surface area contributed by atoms with Gasteiger partial charge in [-0.15, -0.1) is 0 Å². The molecule has 4 nitrogen and oxygen atoms in total. The second-order valence-electron chi connectivity index (χ2n) is 2.80. The zero-order valence-corrected chi connectivity index (χ0v) is 8.53. The van der Waals surface area contributed by atoms with Crippen molar-refractivity contribution in [3.8, 4) is 11.5 Å². The summed E-state index contributed by atoms with van der Waals surface area (Å²) in [4.78, 5) is 0. The third-order valence-electron chi connectivity index (χ3n) is 1.88. The summed E-state index contributed by atoms with van der Waals surface area (Å²) in [5.74, 6) is -0.772. The molecular formula is C9H12BFO4. The van der Waals surface area contributed by atoms with E-state index in [-0.39, 0.29) is 17.0 Å². The highest BCUT2D eigenvalue weighted by Crippen LogP contribution is 2.20. The molecule has 0 spiro atoms. The van der Waals surface area contributed by atoms with E-state index in [0.29, 0.717) is 6.61 Å². The molecule has 1 aromatic rings. The zero-order chi connectivity index (χ0) is 11.4. The highest BCUT2D eigenvalue weighted by molar-refractivity contribution is 6.60. The van der Waals surface area contributed by atoms with Gasteiger partial charge in [-0.05, 0) is 19.1 Å².